The number of pyridine rings is 3. The summed E-state index contributed by atoms with van der Waals surface area (Å²) in [5.41, 5.74) is 1.16. The topological polar surface area (TPSA) is 77.4 Å². The minimum absolute atomic E-state index is 0. The van der Waals surface area contributed by atoms with Crippen LogP contribution in [0.25, 0.3) is 32.7 Å². The van der Waals surface area contributed by atoms with Crippen molar-refractivity contribution in [1.29, 1.82) is 0 Å². The fourth-order valence-corrected chi connectivity index (χ4v) is 10.4. The Hall–Kier alpha value is -4.90. The quantitative estimate of drug-likeness (QED) is 0.171. The van der Waals surface area contributed by atoms with E-state index in [1.165, 1.54) is 36.8 Å². The molecule has 0 amide bonds. The van der Waals surface area contributed by atoms with Crippen LogP contribution in [0, 0.1) is 17.8 Å². The Bertz CT molecular complexity index is 2460. The normalized spacial score (nSPS) is 22.6. The van der Waals surface area contributed by atoms with Crippen LogP contribution in [0.1, 0.15) is 106 Å². The van der Waals surface area contributed by atoms with Gasteiger partial charge in [0.1, 0.15) is 0 Å². The van der Waals surface area contributed by atoms with Crippen molar-refractivity contribution in [2.75, 3.05) is 60.0 Å². The van der Waals surface area contributed by atoms with E-state index >= 15 is 0 Å². The van der Waals surface area contributed by atoms with Gasteiger partial charge in [-0.25, -0.2) is 0 Å². The minimum Gasteiger partial charge on any atom is -0.397 e. The number of benzene rings is 3. The van der Waals surface area contributed by atoms with Gasteiger partial charge >= 0.3 is 18.5 Å². The van der Waals surface area contributed by atoms with Crippen molar-refractivity contribution in [2.24, 2.45) is 17.8 Å². The number of hydrogen-bond donors (Lipinski definition) is 2. The molecule has 3 aliphatic heterocycles. The number of alkyl halides is 9. The molecule has 69 heavy (non-hydrogen) atoms. The maximum Gasteiger partial charge on any atom is 0.418 e. The van der Waals surface area contributed by atoms with Crippen molar-refractivity contribution >= 4 is 32.7 Å². The molecule has 3 unspecified atom stereocenters. The molecule has 3 aromatic carbocycles. The minimum atomic E-state index is -4.37. The first-order valence-corrected chi connectivity index (χ1v) is 23.1. The highest BCUT2D eigenvalue weighted by molar-refractivity contribution is 5.88. The summed E-state index contributed by atoms with van der Waals surface area (Å²) in [6.45, 7) is 14.1. The SMILES string of the molecule is C.CC1CNCC(c2ccc(C(F)(F)F)c3ncccc23)C1.CCO.C[C@@H]1CC(c2ccc(C(F)(F)F)c3ncccc23)CN(C)C1.C[C@@H]1C[C@H](c2ccc(C(F)(F)F)c3ncccc23)CN(C)C1. The van der Waals surface area contributed by atoms with Gasteiger partial charge in [-0.2, -0.15) is 39.5 Å². The molecule has 7 nitrogen and oxygen atoms in total. The van der Waals surface area contributed by atoms with Crippen LogP contribution in [0.15, 0.2) is 91.4 Å². The van der Waals surface area contributed by atoms with E-state index in [9.17, 15) is 39.5 Å². The van der Waals surface area contributed by atoms with Crippen molar-refractivity contribution in [3.05, 3.63) is 125 Å². The Morgan fingerprint density at radius 1 is 0.507 bits per heavy atom. The molecule has 0 saturated carbocycles. The van der Waals surface area contributed by atoms with Gasteiger partial charge < -0.3 is 20.2 Å². The molecule has 3 saturated heterocycles. The van der Waals surface area contributed by atoms with Gasteiger partial charge in [0, 0.05) is 74.1 Å². The number of likely N-dealkylation sites (tertiary alicyclic amines) is 2. The Balaban J connectivity index is 0.000000186. The lowest BCUT2D eigenvalue weighted by atomic mass is 9.83. The van der Waals surface area contributed by atoms with E-state index in [0.717, 1.165) is 75.2 Å². The average Bonchev–Trinajstić information content (AvgIpc) is 3.27. The first-order valence-electron chi connectivity index (χ1n) is 23.1. The lowest BCUT2D eigenvalue weighted by molar-refractivity contribution is -0.137. The van der Waals surface area contributed by atoms with Gasteiger partial charge in [0.25, 0.3) is 0 Å². The number of aromatic nitrogens is 3. The molecule has 2 N–H and O–H groups in total. The fourth-order valence-electron chi connectivity index (χ4n) is 10.4. The Morgan fingerprint density at radius 3 is 1.13 bits per heavy atom. The summed E-state index contributed by atoms with van der Waals surface area (Å²) in [4.78, 5) is 16.5. The van der Waals surface area contributed by atoms with Crippen molar-refractivity contribution < 1.29 is 44.6 Å². The second-order valence-corrected chi connectivity index (χ2v) is 18.8. The third kappa shape index (κ3) is 13.7. The molecule has 3 fully saturated rings. The first kappa shape index (κ1) is 55.0. The largest absolute Gasteiger partial charge is 0.418 e. The molecule has 0 bridgehead atoms. The maximum atomic E-state index is 13.2. The summed E-state index contributed by atoms with van der Waals surface area (Å²) in [5, 5.41) is 12.8. The van der Waals surface area contributed by atoms with Gasteiger partial charge in [-0.15, -0.1) is 0 Å². The molecule has 9 rings (SSSR count). The van der Waals surface area contributed by atoms with E-state index in [1.54, 1.807) is 61.5 Å². The zero-order valence-electron chi connectivity index (χ0n) is 39.3. The highest BCUT2D eigenvalue weighted by Crippen LogP contribution is 2.42. The number of hydrogen-bond acceptors (Lipinski definition) is 7. The van der Waals surface area contributed by atoms with E-state index in [1.807, 2.05) is 0 Å². The standard InChI is InChI=1S/2C17H19F3N2.C16H17F3N2.C2H6O.CH4/c2*1-11-8-12(10-22(2)9-11)13-5-6-15(17(18,19)20)16-14(13)4-3-7-21-16;1-10-7-11(9-20-8-10)12-4-5-14(16(17,18)19)15-13(12)3-2-6-21-15;1-2-3;/h2*3-7,11-12H,8-10H2,1-2H3;2-6,10-11,20H,7-9H2,1H3;3H,2H2,1H3;1H4/t11-,12?;11-,12+;;;/m11.../s1. The molecule has 6 heterocycles. The molecule has 6 atom stereocenters. The summed E-state index contributed by atoms with van der Waals surface area (Å²) in [5.74, 6) is 2.35. The lowest BCUT2D eigenvalue weighted by Crippen LogP contribution is -2.35. The van der Waals surface area contributed by atoms with E-state index in [4.69, 9.17) is 5.11 Å². The molecule has 0 spiro atoms. The van der Waals surface area contributed by atoms with Crippen LogP contribution in [0.5, 0.6) is 0 Å². The maximum absolute atomic E-state index is 13.2. The van der Waals surface area contributed by atoms with Crippen LogP contribution in [-0.4, -0.2) is 89.8 Å². The van der Waals surface area contributed by atoms with E-state index in [2.05, 4.69) is 64.9 Å². The zero-order valence-corrected chi connectivity index (χ0v) is 39.3. The molecule has 3 aromatic heterocycles. The predicted molar refractivity (Wildman–Crippen MR) is 257 cm³/mol. The molecule has 0 aliphatic carbocycles. The Kier molecular flexibility index (Phi) is 18.6. The third-order valence-electron chi connectivity index (χ3n) is 12.9. The number of fused-ring (bicyclic) bond motifs is 3. The fraction of sp³-hybridized carbons (Fsp3) is 0.491. The Labute approximate surface area is 399 Å². The first-order chi connectivity index (χ1) is 32.1. The van der Waals surface area contributed by atoms with Crippen molar-refractivity contribution in [1.82, 2.24) is 30.1 Å². The van der Waals surface area contributed by atoms with E-state index < -0.39 is 35.2 Å². The van der Waals surface area contributed by atoms with Gasteiger partial charge in [0.05, 0.1) is 33.2 Å². The molecule has 16 heteroatoms. The summed E-state index contributed by atoms with van der Waals surface area (Å²) in [6, 6.07) is 18.8. The zero-order chi connectivity index (χ0) is 49.6. The number of nitrogens with zero attached hydrogens (tertiary/aromatic N) is 5. The van der Waals surface area contributed by atoms with E-state index in [0.29, 0.717) is 33.9 Å². The van der Waals surface area contributed by atoms with Crippen molar-refractivity contribution in [2.45, 2.75) is 90.7 Å². The molecule has 3 aliphatic rings. The van der Waals surface area contributed by atoms with Crippen molar-refractivity contribution in [3.8, 4) is 0 Å². The number of likely N-dealkylation sites (N-methyl/N-ethyl adjacent to an activating group) is 2. The smallest absolute Gasteiger partial charge is 0.397 e. The van der Waals surface area contributed by atoms with Crippen LogP contribution in [0.2, 0.25) is 0 Å². The molecule has 0 radical (unpaired) electrons. The van der Waals surface area contributed by atoms with Gasteiger partial charge in [-0.3, -0.25) is 15.0 Å². The third-order valence-corrected chi connectivity index (χ3v) is 12.9. The molecule has 376 valence electrons. The van der Waals surface area contributed by atoms with Crippen LogP contribution < -0.4 is 5.32 Å². The summed E-state index contributed by atoms with van der Waals surface area (Å²) < 4.78 is 118. The number of rotatable bonds is 3. The average molecular weight is 973 g/mol. The highest BCUT2D eigenvalue weighted by Gasteiger charge is 2.37. The predicted octanol–water partition coefficient (Wildman–Crippen LogP) is 13.2. The number of aliphatic hydroxyl groups excluding tert-OH is 1. The van der Waals surface area contributed by atoms with Crippen LogP contribution in [0.3, 0.4) is 0 Å². The second kappa shape index (κ2) is 23.3. The number of piperidine rings is 3. The van der Waals surface area contributed by atoms with Gasteiger partial charge in [0.2, 0.25) is 0 Å². The molecular weight excluding hydrogens is 908 g/mol. The highest BCUT2D eigenvalue weighted by atomic mass is 19.4. The summed E-state index contributed by atoms with van der Waals surface area (Å²) in [6.07, 6.45) is -5.86. The van der Waals surface area contributed by atoms with Gasteiger partial charge in [-0.1, -0.05) is 64.6 Å². The second-order valence-electron chi connectivity index (χ2n) is 18.8. The van der Waals surface area contributed by atoms with Crippen LogP contribution in [-0.2, 0) is 18.5 Å². The number of nitrogens with one attached hydrogen (secondary N) is 1. The van der Waals surface area contributed by atoms with Gasteiger partial charge in [-0.05, 0) is 135 Å². The summed E-state index contributed by atoms with van der Waals surface area (Å²) >= 11 is 0. The number of aliphatic hydroxyl groups is 1. The lowest BCUT2D eigenvalue weighted by Gasteiger charge is -2.35. The summed E-state index contributed by atoms with van der Waals surface area (Å²) in [7, 11) is 4.13. The molecular formula is C53H65F9N6O. The monoisotopic (exact) mass is 973 g/mol. The van der Waals surface area contributed by atoms with Crippen LogP contribution in [0.4, 0.5) is 39.5 Å². The van der Waals surface area contributed by atoms with Crippen LogP contribution >= 0.6 is 0 Å². The van der Waals surface area contributed by atoms with Crippen molar-refractivity contribution in [3.63, 3.8) is 0 Å². The Morgan fingerprint density at radius 2 is 0.826 bits per heavy atom. The van der Waals surface area contributed by atoms with Gasteiger partial charge in [0.15, 0.2) is 0 Å². The van der Waals surface area contributed by atoms with E-state index in [-0.39, 0.29) is 48.3 Å². The number of halogens is 9. The molecule has 6 aromatic rings.